The highest BCUT2D eigenvalue weighted by Crippen LogP contribution is 2.19. The largest absolute Gasteiger partial charge is 0.462 e. The molecular formula is C74H136O6. The van der Waals surface area contributed by atoms with Crippen molar-refractivity contribution in [3.8, 4) is 0 Å². The molecule has 0 aliphatic rings. The molecule has 0 aromatic heterocycles. The van der Waals surface area contributed by atoms with E-state index in [2.05, 4.69) is 69.4 Å². The van der Waals surface area contributed by atoms with Gasteiger partial charge in [0.2, 0.25) is 0 Å². The van der Waals surface area contributed by atoms with Crippen LogP contribution in [0.5, 0.6) is 0 Å². The van der Waals surface area contributed by atoms with E-state index in [4.69, 9.17) is 14.2 Å². The Morgan fingerprint density at radius 3 is 0.762 bits per heavy atom. The molecule has 1 unspecified atom stereocenters. The number of ether oxygens (including phenoxy) is 3. The Bertz CT molecular complexity index is 1380. The number of carbonyl (C=O) groups is 3. The predicted molar refractivity (Wildman–Crippen MR) is 349 cm³/mol. The first-order valence-corrected chi connectivity index (χ1v) is 35.6. The van der Waals surface area contributed by atoms with Gasteiger partial charge in [0, 0.05) is 19.3 Å². The summed E-state index contributed by atoms with van der Waals surface area (Å²) < 4.78 is 17.0. The Morgan fingerprint density at radius 2 is 0.487 bits per heavy atom. The maximum atomic E-state index is 12.9. The number of hydrogen-bond acceptors (Lipinski definition) is 6. The fourth-order valence-electron chi connectivity index (χ4n) is 10.8. The van der Waals surface area contributed by atoms with E-state index >= 15 is 0 Å². The molecule has 6 nitrogen and oxygen atoms in total. The molecule has 0 fully saturated rings. The fourth-order valence-corrected chi connectivity index (χ4v) is 10.8. The third kappa shape index (κ3) is 66.2. The summed E-state index contributed by atoms with van der Waals surface area (Å²) >= 11 is 0. The minimum Gasteiger partial charge on any atom is -0.462 e. The monoisotopic (exact) mass is 1120 g/mol. The summed E-state index contributed by atoms with van der Waals surface area (Å²) in [5.41, 5.74) is 0. The van der Waals surface area contributed by atoms with Gasteiger partial charge in [-0.25, -0.2) is 0 Å². The molecule has 0 aromatic rings. The molecule has 0 radical (unpaired) electrons. The third-order valence-corrected chi connectivity index (χ3v) is 16.1. The van der Waals surface area contributed by atoms with Gasteiger partial charge in [0.15, 0.2) is 6.10 Å². The van der Waals surface area contributed by atoms with Crippen LogP contribution in [0.3, 0.4) is 0 Å². The molecular weight excluding hydrogens is 985 g/mol. The highest BCUT2D eigenvalue weighted by Gasteiger charge is 2.19. The molecule has 0 heterocycles. The van der Waals surface area contributed by atoms with Gasteiger partial charge in [0.25, 0.3) is 0 Å². The van der Waals surface area contributed by atoms with Crippen molar-refractivity contribution in [2.45, 2.75) is 393 Å². The molecule has 0 saturated carbocycles. The number of rotatable bonds is 66. The van der Waals surface area contributed by atoms with Crippen molar-refractivity contribution in [1.29, 1.82) is 0 Å². The number of hydrogen-bond donors (Lipinski definition) is 0. The van der Waals surface area contributed by atoms with E-state index in [1.165, 1.54) is 263 Å². The van der Waals surface area contributed by atoms with Gasteiger partial charge in [-0.05, 0) is 57.8 Å². The van der Waals surface area contributed by atoms with Gasteiger partial charge >= 0.3 is 17.9 Å². The van der Waals surface area contributed by atoms with Crippen molar-refractivity contribution in [3.63, 3.8) is 0 Å². The minimum atomic E-state index is -0.773. The molecule has 80 heavy (non-hydrogen) atoms. The van der Waals surface area contributed by atoms with Crippen LogP contribution in [0.25, 0.3) is 0 Å². The zero-order chi connectivity index (χ0) is 57.8. The molecule has 0 aliphatic carbocycles. The number of unbranched alkanes of at least 4 members (excludes halogenated alkanes) is 47. The van der Waals surface area contributed by atoms with Gasteiger partial charge in [-0.15, -0.1) is 0 Å². The first-order chi connectivity index (χ1) is 39.5. The summed E-state index contributed by atoms with van der Waals surface area (Å²) in [7, 11) is 0. The van der Waals surface area contributed by atoms with Crippen molar-refractivity contribution >= 4 is 17.9 Å². The molecule has 0 N–H and O–H groups in total. The molecule has 0 amide bonds. The van der Waals surface area contributed by atoms with Gasteiger partial charge in [0.1, 0.15) is 13.2 Å². The van der Waals surface area contributed by atoms with Crippen LogP contribution in [0.4, 0.5) is 0 Å². The highest BCUT2D eigenvalue weighted by atomic mass is 16.6. The van der Waals surface area contributed by atoms with Crippen LogP contribution in [-0.4, -0.2) is 37.2 Å². The predicted octanol–water partition coefficient (Wildman–Crippen LogP) is 24.5. The standard InChI is InChI=1S/C74H136O6/c1-4-7-10-13-16-19-22-25-27-29-31-33-35-36-37-38-40-41-43-45-47-49-52-55-58-61-64-67-73(76)79-70-71(69-78-72(75)66-63-60-57-54-51-24-21-18-15-12-9-6-3)80-74(77)68-65-62-59-56-53-50-48-46-44-42-39-34-32-30-28-26-23-20-17-14-11-8-5-2/h8,11,17,20,26,28,32,34,71H,4-7,9-10,12-16,18-19,21-25,27,29-31,33,35-70H2,1-3H3/b11-8-,20-17-,28-26-,34-32-. The van der Waals surface area contributed by atoms with Crippen molar-refractivity contribution in [2.24, 2.45) is 0 Å². The number of carbonyl (C=O) groups excluding carboxylic acids is 3. The van der Waals surface area contributed by atoms with Crippen molar-refractivity contribution < 1.29 is 28.6 Å². The van der Waals surface area contributed by atoms with Gasteiger partial charge in [-0.2, -0.15) is 0 Å². The van der Waals surface area contributed by atoms with Gasteiger partial charge in [0.05, 0.1) is 0 Å². The Labute approximate surface area is 498 Å². The maximum Gasteiger partial charge on any atom is 0.306 e. The number of allylic oxidation sites excluding steroid dienone is 8. The molecule has 0 bridgehead atoms. The van der Waals surface area contributed by atoms with Gasteiger partial charge in [-0.1, -0.05) is 358 Å². The quantitative estimate of drug-likeness (QED) is 0.0261. The Kier molecular flexibility index (Phi) is 66.6. The first kappa shape index (κ1) is 77.4. The summed E-state index contributed by atoms with van der Waals surface area (Å²) in [5, 5.41) is 0. The molecule has 6 heteroatoms. The SMILES string of the molecule is CC/C=C\C/C=C\C/C=C\C/C=C\CCCCCCCCCCCCC(=O)OC(COC(=O)CCCCCCCCCCCCCC)COC(=O)CCCCCCCCCCCCCCCCCCCCCCCCCCCCC. The second-order valence-electron chi connectivity index (χ2n) is 24.1. The Morgan fingerprint density at radius 1 is 0.263 bits per heavy atom. The smallest absolute Gasteiger partial charge is 0.306 e. The van der Waals surface area contributed by atoms with Crippen LogP contribution in [0.2, 0.25) is 0 Å². The van der Waals surface area contributed by atoms with Crippen molar-refractivity contribution in [1.82, 2.24) is 0 Å². The van der Waals surface area contributed by atoms with E-state index < -0.39 is 6.10 Å². The normalized spacial score (nSPS) is 12.3. The number of esters is 3. The van der Waals surface area contributed by atoms with Crippen molar-refractivity contribution in [2.75, 3.05) is 13.2 Å². The highest BCUT2D eigenvalue weighted by molar-refractivity contribution is 5.71. The Balaban J connectivity index is 4.20. The lowest BCUT2D eigenvalue weighted by molar-refractivity contribution is -0.167. The summed E-state index contributed by atoms with van der Waals surface area (Å²) in [4.78, 5) is 38.4. The van der Waals surface area contributed by atoms with E-state index in [0.29, 0.717) is 19.3 Å². The second kappa shape index (κ2) is 68.9. The van der Waals surface area contributed by atoms with Crippen LogP contribution in [0.15, 0.2) is 48.6 Å². The average Bonchev–Trinajstić information content (AvgIpc) is 3.46. The molecule has 0 aromatic carbocycles. The fraction of sp³-hybridized carbons (Fsp3) is 0.851. The first-order valence-electron chi connectivity index (χ1n) is 35.6. The van der Waals surface area contributed by atoms with Crippen LogP contribution < -0.4 is 0 Å². The van der Waals surface area contributed by atoms with Crippen molar-refractivity contribution in [3.05, 3.63) is 48.6 Å². The van der Waals surface area contributed by atoms with Gasteiger partial charge in [-0.3, -0.25) is 14.4 Å². The summed E-state index contributed by atoms with van der Waals surface area (Å²) in [6.45, 7) is 6.59. The molecule has 0 spiro atoms. The van der Waals surface area contributed by atoms with E-state index in [9.17, 15) is 14.4 Å². The maximum absolute atomic E-state index is 12.9. The van der Waals surface area contributed by atoms with Crippen LogP contribution in [0.1, 0.15) is 387 Å². The van der Waals surface area contributed by atoms with Crippen LogP contribution in [0, 0.1) is 0 Å². The molecule has 468 valence electrons. The molecule has 1 atom stereocenters. The summed E-state index contributed by atoms with van der Waals surface area (Å²) in [6.07, 6.45) is 87.2. The van der Waals surface area contributed by atoms with E-state index in [1.807, 2.05) is 0 Å². The lowest BCUT2D eigenvalue weighted by atomic mass is 10.0. The van der Waals surface area contributed by atoms with Crippen LogP contribution in [-0.2, 0) is 28.6 Å². The lowest BCUT2D eigenvalue weighted by Gasteiger charge is -2.18. The zero-order valence-corrected chi connectivity index (χ0v) is 53.9. The summed E-state index contributed by atoms with van der Waals surface area (Å²) in [5.74, 6) is -0.846. The van der Waals surface area contributed by atoms with E-state index in [0.717, 1.165) is 83.5 Å². The average molecular weight is 1120 g/mol. The molecule has 0 rings (SSSR count). The summed E-state index contributed by atoms with van der Waals surface area (Å²) in [6, 6.07) is 0. The van der Waals surface area contributed by atoms with Gasteiger partial charge < -0.3 is 14.2 Å². The molecule has 0 aliphatic heterocycles. The third-order valence-electron chi connectivity index (χ3n) is 16.1. The topological polar surface area (TPSA) is 78.9 Å². The second-order valence-corrected chi connectivity index (χ2v) is 24.1. The zero-order valence-electron chi connectivity index (χ0n) is 53.9. The molecule has 0 saturated heterocycles. The van der Waals surface area contributed by atoms with Crippen LogP contribution >= 0.6 is 0 Å². The van der Waals surface area contributed by atoms with E-state index in [-0.39, 0.29) is 31.1 Å². The van der Waals surface area contributed by atoms with E-state index in [1.54, 1.807) is 0 Å². The Hall–Kier alpha value is -2.63. The lowest BCUT2D eigenvalue weighted by Crippen LogP contribution is -2.30. The minimum absolute atomic E-state index is 0.0690.